The molecule has 0 aromatic carbocycles. The standard InChI is InChI=1S/C13H25F3N2/c14-13(15,16)7-1-2-8-17-9-3-5-12-6-4-10-18-11-12/h12,17-18H,1-11H2. The summed E-state index contributed by atoms with van der Waals surface area (Å²) in [6, 6.07) is 0. The average molecular weight is 266 g/mol. The van der Waals surface area contributed by atoms with Crippen LogP contribution in [0, 0.1) is 5.92 Å². The Labute approximate surface area is 108 Å². The molecule has 108 valence electrons. The molecule has 0 bridgehead atoms. The summed E-state index contributed by atoms with van der Waals surface area (Å²) < 4.78 is 35.6. The quantitative estimate of drug-likeness (QED) is 0.660. The van der Waals surface area contributed by atoms with Gasteiger partial charge in [0.2, 0.25) is 0 Å². The zero-order valence-corrected chi connectivity index (χ0v) is 11.0. The van der Waals surface area contributed by atoms with E-state index in [0.29, 0.717) is 13.0 Å². The molecular formula is C13H25F3N2. The third-order valence-electron chi connectivity index (χ3n) is 3.43. The molecule has 0 saturated carbocycles. The lowest BCUT2D eigenvalue weighted by Crippen LogP contribution is -2.30. The number of nitrogens with one attached hydrogen (secondary N) is 2. The van der Waals surface area contributed by atoms with Crippen LogP contribution in [-0.4, -0.2) is 32.4 Å². The molecule has 0 aromatic heterocycles. The second kappa shape index (κ2) is 8.75. The van der Waals surface area contributed by atoms with Crippen molar-refractivity contribution < 1.29 is 13.2 Å². The molecule has 0 aromatic rings. The molecule has 0 spiro atoms. The molecule has 1 unspecified atom stereocenters. The molecule has 1 aliphatic rings. The molecule has 1 heterocycles. The van der Waals surface area contributed by atoms with E-state index in [-0.39, 0.29) is 6.42 Å². The van der Waals surface area contributed by atoms with E-state index >= 15 is 0 Å². The summed E-state index contributed by atoms with van der Waals surface area (Å²) in [5.74, 6) is 0.797. The molecule has 18 heavy (non-hydrogen) atoms. The number of piperidine rings is 1. The van der Waals surface area contributed by atoms with Crippen LogP contribution in [0.3, 0.4) is 0 Å². The lowest BCUT2D eigenvalue weighted by molar-refractivity contribution is -0.135. The Morgan fingerprint density at radius 2 is 1.89 bits per heavy atom. The molecule has 0 aliphatic carbocycles. The summed E-state index contributed by atoms with van der Waals surface area (Å²) in [7, 11) is 0. The molecule has 5 heteroatoms. The van der Waals surface area contributed by atoms with E-state index in [1.807, 2.05) is 0 Å². The van der Waals surface area contributed by atoms with Gasteiger partial charge in [-0.15, -0.1) is 0 Å². The number of hydrogen-bond acceptors (Lipinski definition) is 2. The van der Waals surface area contributed by atoms with Crippen LogP contribution < -0.4 is 10.6 Å². The molecule has 2 N–H and O–H groups in total. The molecule has 1 fully saturated rings. The Morgan fingerprint density at radius 1 is 1.11 bits per heavy atom. The summed E-state index contributed by atoms with van der Waals surface area (Å²) in [5.41, 5.74) is 0. The zero-order valence-electron chi connectivity index (χ0n) is 11.0. The molecule has 2 nitrogen and oxygen atoms in total. The number of halogens is 3. The fourth-order valence-electron chi connectivity index (χ4n) is 2.39. The van der Waals surface area contributed by atoms with Crippen LogP contribution in [0.25, 0.3) is 0 Å². The number of alkyl halides is 3. The minimum atomic E-state index is -3.99. The predicted octanol–water partition coefficient (Wildman–Crippen LogP) is 3.09. The predicted molar refractivity (Wildman–Crippen MR) is 67.6 cm³/mol. The molecule has 1 rings (SSSR count). The number of unbranched alkanes of at least 4 members (excludes halogenated alkanes) is 1. The van der Waals surface area contributed by atoms with Crippen LogP contribution >= 0.6 is 0 Å². The van der Waals surface area contributed by atoms with Gasteiger partial charge in [0.25, 0.3) is 0 Å². The van der Waals surface area contributed by atoms with Crippen molar-refractivity contribution in [2.45, 2.75) is 51.1 Å². The number of rotatable bonds is 8. The zero-order chi connectivity index (χ0) is 13.3. The largest absolute Gasteiger partial charge is 0.389 e. The average Bonchev–Trinajstić information content (AvgIpc) is 2.32. The number of hydrogen-bond donors (Lipinski definition) is 2. The lowest BCUT2D eigenvalue weighted by atomic mass is 9.95. The SMILES string of the molecule is FC(F)(F)CCCCNCCCC1CCCNC1. The Morgan fingerprint density at radius 3 is 2.56 bits per heavy atom. The van der Waals surface area contributed by atoms with Gasteiger partial charge in [0.05, 0.1) is 0 Å². The fourth-order valence-corrected chi connectivity index (χ4v) is 2.39. The van der Waals surface area contributed by atoms with Gasteiger partial charge in [-0.1, -0.05) is 0 Å². The van der Waals surface area contributed by atoms with E-state index in [9.17, 15) is 13.2 Å². The summed E-state index contributed by atoms with van der Waals surface area (Å²) in [4.78, 5) is 0. The van der Waals surface area contributed by atoms with Crippen molar-refractivity contribution in [1.29, 1.82) is 0 Å². The summed E-state index contributed by atoms with van der Waals surface area (Å²) in [6.45, 7) is 3.92. The van der Waals surface area contributed by atoms with Gasteiger partial charge in [-0.3, -0.25) is 0 Å². The van der Waals surface area contributed by atoms with Crippen molar-refractivity contribution in [2.75, 3.05) is 26.2 Å². The first kappa shape index (κ1) is 15.8. The maximum atomic E-state index is 11.9. The molecule has 1 aliphatic heterocycles. The molecule has 0 amide bonds. The Balaban J connectivity index is 1.81. The maximum Gasteiger partial charge on any atom is 0.389 e. The van der Waals surface area contributed by atoms with E-state index in [2.05, 4.69) is 10.6 Å². The van der Waals surface area contributed by atoms with Crippen molar-refractivity contribution in [3.05, 3.63) is 0 Å². The first-order valence-corrected chi connectivity index (χ1v) is 7.06. The normalized spacial score (nSPS) is 21.2. The van der Waals surface area contributed by atoms with Crippen molar-refractivity contribution in [3.63, 3.8) is 0 Å². The monoisotopic (exact) mass is 266 g/mol. The highest BCUT2D eigenvalue weighted by Crippen LogP contribution is 2.21. The van der Waals surface area contributed by atoms with Gasteiger partial charge in [-0.25, -0.2) is 0 Å². The minimum absolute atomic E-state index is 0.239. The summed E-state index contributed by atoms with van der Waals surface area (Å²) >= 11 is 0. The molecule has 1 saturated heterocycles. The smallest absolute Gasteiger partial charge is 0.317 e. The third kappa shape index (κ3) is 8.75. The van der Waals surface area contributed by atoms with Gasteiger partial charge in [0.1, 0.15) is 0 Å². The highest BCUT2D eigenvalue weighted by Gasteiger charge is 2.25. The first-order chi connectivity index (χ1) is 8.58. The third-order valence-corrected chi connectivity index (χ3v) is 3.43. The molecular weight excluding hydrogens is 241 g/mol. The fraction of sp³-hybridized carbons (Fsp3) is 1.00. The van der Waals surface area contributed by atoms with E-state index < -0.39 is 12.6 Å². The van der Waals surface area contributed by atoms with Gasteiger partial charge >= 0.3 is 6.18 Å². The van der Waals surface area contributed by atoms with Crippen molar-refractivity contribution in [1.82, 2.24) is 10.6 Å². The van der Waals surface area contributed by atoms with Gasteiger partial charge in [-0.05, 0) is 70.6 Å². The van der Waals surface area contributed by atoms with Crippen molar-refractivity contribution in [2.24, 2.45) is 5.92 Å². The Kier molecular flexibility index (Phi) is 7.66. The van der Waals surface area contributed by atoms with Crippen LogP contribution in [0.5, 0.6) is 0 Å². The Bertz CT molecular complexity index is 201. The van der Waals surface area contributed by atoms with E-state index in [1.165, 1.54) is 19.3 Å². The van der Waals surface area contributed by atoms with Gasteiger partial charge in [-0.2, -0.15) is 13.2 Å². The first-order valence-electron chi connectivity index (χ1n) is 7.06. The van der Waals surface area contributed by atoms with Crippen LogP contribution in [-0.2, 0) is 0 Å². The van der Waals surface area contributed by atoms with Crippen LogP contribution in [0.1, 0.15) is 44.9 Å². The van der Waals surface area contributed by atoms with Gasteiger partial charge in [0, 0.05) is 6.42 Å². The highest BCUT2D eigenvalue weighted by molar-refractivity contribution is 4.69. The highest BCUT2D eigenvalue weighted by atomic mass is 19.4. The van der Waals surface area contributed by atoms with Crippen LogP contribution in [0.15, 0.2) is 0 Å². The van der Waals surface area contributed by atoms with Gasteiger partial charge < -0.3 is 10.6 Å². The van der Waals surface area contributed by atoms with Gasteiger partial charge in [0.15, 0.2) is 0 Å². The van der Waals surface area contributed by atoms with Crippen LogP contribution in [0.4, 0.5) is 13.2 Å². The van der Waals surface area contributed by atoms with E-state index in [1.54, 1.807) is 0 Å². The lowest BCUT2D eigenvalue weighted by Gasteiger charge is -2.22. The van der Waals surface area contributed by atoms with Crippen molar-refractivity contribution >= 4 is 0 Å². The molecule has 1 atom stereocenters. The van der Waals surface area contributed by atoms with E-state index in [4.69, 9.17) is 0 Å². The molecule has 0 radical (unpaired) electrons. The maximum absolute atomic E-state index is 11.9. The summed E-state index contributed by atoms with van der Waals surface area (Å²) in [5, 5.41) is 6.61. The topological polar surface area (TPSA) is 24.1 Å². The van der Waals surface area contributed by atoms with Crippen LogP contribution in [0.2, 0.25) is 0 Å². The Hall–Kier alpha value is -0.290. The minimum Gasteiger partial charge on any atom is -0.317 e. The van der Waals surface area contributed by atoms with Crippen molar-refractivity contribution in [3.8, 4) is 0 Å². The second-order valence-electron chi connectivity index (χ2n) is 5.18. The second-order valence-corrected chi connectivity index (χ2v) is 5.18. The summed E-state index contributed by atoms with van der Waals surface area (Å²) in [6.07, 6.45) is 1.16. The van der Waals surface area contributed by atoms with E-state index in [0.717, 1.165) is 32.0 Å².